The highest BCUT2D eigenvalue weighted by Gasteiger charge is 2.22. The van der Waals surface area contributed by atoms with Crippen molar-refractivity contribution in [1.82, 2.24) is 9.38 Å². The quantitative estimate of drug-likeness (QED) is 0.886. The van der Waals surface area contributed by atoms with Gasteiger partial charge in [-0.25, -0.2) is 4.98 Å². The van der Waals surface area contributed by atoms with Crippen LogP contribution in [-0.2, 0) is 6.42 Å². The molecule has 16 heavy (non-hydrogen) atoms. The summed E-state index contributed by atoms with van der Waals surface area (Å²) in [6.07, 6.45) is 3.41. The first-order valence-electron chi connectivity index (χ1n) is 5.72. The fraction of sp³-hybridized carbons (Fsp3) is 0.417. The van der Waals surface area contributed by atoms with Crippen LogP contribution in [0.4, 0.5) is 5.82 Å². The minimum Gasteiger partial charge on any atom is -0.368 e. The number of anilines is 1. The molecule has 0 amide bonds. The Morgan fingerprint density at radius 1 is 1.50 bits per heavy atom. The van der Waals surface area contributed by atoms with E-state index >= 15 is 0 Å². The molecule has 1 N–H and O–H groups in total. The number of rotatable bonds is 3. The minimum absolute atomic E-state index is 0.594. The average Bonchev–Trinajstić information content (AvgIpc) is 3.04. The van der Waals surface area contributed by atoms with Crippen molar-refractivity contribution in [3.63, 3.8) is 0 Å². The van der Waals surface area contributed by atoms with E-state index in [0.717, 1.165) is 23.6 Å². The summed E-state index contributed by atoms with van der Waals surface area (Å²) >= 11 is 6.12. The molecule has 3 rings (SSSR count). The number of imidazole rings is 1. The van der Waals surface area contributed by atoms with Gasteiger partial charge in [0.15, 0.2) is 5.15 Å². The Kier molecular flexibility index (Phi) is 2.28. The molecule has 3 nitrogen and oxygen atoms in total. The number of aryl methyl sites for hydroxylation is 1. The first-order valence-corrected chi connectivity index (χ1v) is 6.09. The van der Waals surface area contributed by atoms with Crippen LogP contribution in [0.25, 0.3) is 5.52 Å². The second kappa shape index (κ2) is 3.67. The van der Waals surface area contributed by atoms with Crippen LogP contribution in [0.5, 0.6) is 0 Å². The van der Waals surface area contributed by atoms with Gasteiger partial charge in [0.2, 0.25) is 0 Å². The zero-order chi connectivity index (χ0) is 11.1. The monoisotopic (exact) mass is 235 g/mol. The van der Waals surface area contributed by atoms with Crippen LogP contribution in [0, 0.1) is 0 Å². The van der Waals surface area contributed by atoms with Gasteiger partial charge in [0.1, 0.15) is 11.6 Å². The van der Waals surface area contributed by atoms with Gasteiger partial charge in [-0.05, 0) is 25.0 Å². The number of halogens is 1. The van der Waals surface area contributed by atoms with Gasteiger partial charge in [0.25, 0.3) is 0 Å². The van der Waals surface area contributed by atoms with Crippen molar-refractivity contribution in [3.8, 4) is 0 Å². The van der Waals surface area contributed by atoms with Crippen molar-refractivity contribution in [2.75, 3.05) is 5.32 Å². The van der Waals surface area contributed by atoms with Crippen molar-refractivity contribution >= 4 is 22.9 Å². The van der Waals surface area contributed by atoms with Gasteiger partial charge >= 0.3 is 0 Å². The van der Waals surface area contributed by atoms with Gasteiger partial charge in [-0.3, -0.25) is 4.40 Å². The summed E-state index contributed by atoms with van der Waals surface area (Å²) in [7, 11) is 0. The number of fused-ring (bicyclic) bond motifs is 1. The van der Waals surface area contributed by atoms with Gasteiger partial charge in [-0.15, -0.1) is 0 Å². The van der Waals surface area contributed by atoms with Crippen LogP contribution < -0.4 is 5.32 Å². The van der Waals surface area contributed by atoms with Gasteiger partial charge in [-0.1, -0.05) is 24.6 Å². The summed E-state index contributed by atoms with van der Waals surface area (Å²) in [6, 6.07) is 6.75. The Morgan fingerprint density at radius 3 is 3.00 bits per heavy atom. The van der Waals surface area contributed by atoms with Gasteiger partial charge in [0, 0.05) is 12.5 Å². The number of nitrogens with zero attached hydrogens (tertiary/aromatic N) is 2. The summed E-state index contributed by atoms with van der Waals surface area (Å²) in [4.78, 5) is 4.38. The normalized spacial score (nSPS) is 15.6. The molecule has 0 unspecified atom stereocenters. The minimum atomic E-state index is 0.594. The highest BCUT2D eigenvalue weighted by Crippen LogP contribution is 2.28. The summed E-state index contributed by atoms with van der Waals surface area (Å²) in [5, 5.41) is 4.11. The first-order chi connectivity index (χ1) is 7.79. The zero-order valence-electron chi connectivity index (χ0n) is 9.20. The number of hydrogen-bond donors (Lipinski definition) is 1. The molecule has 1 saturated carbocycles. The molecule has 2 aromatic rings. The lowest BCUT2D eigenvalue weighted by molar-refractivity contribution is 0.926. The van der Waals surface area contributed by atoms with E-state index < -0.39 is 0 Å². The van der Waals surface area contributed by atoms with Crippen molar-refractivity contribution < 1.29 is 0 Å². The van der Waals surface area contributed by atoms with E-state index in [-0.39, 0.29) is 0 Å². The molecule has 2 heterocycles. The van der Waals surface area contributed by atoms with Crippen LogP contribution in [0.2, 0.25) is 5.15 Å². The third-order valence-corrected chi connectivity index (χ3v) is 3.21. The van der Waals surface area contributed by atoms with Crippen molar-refractivity contribution in [3.05, 3.63) is 29.2 Å². The van der Waals surface area contributed by atoms with Gasteiger partial charge < -0.3 is 5.32 Å². The first kappa shape index (κ1) is 9.97. The highest BCUT2D eigenvalue weighted by molar-refractivity contribution is 6.32. The van der Waals surface area contributed by atoms with E-state index in [1.807, 2.05) is 12.1 Å². The molecular weight excluding hydrogens is 222 g/mol. The SMILES string of the molecule is CCc1nc(Cl)c2cccc(NC3CC3)n12. The summed E-state index contributed by atoms with van der Waals surface area (Å²) in [6.45, 7) is 2.10. The molecule has 1 aliphatic carbocycles. The Hall–Kier alpha value is -1.22. The lowest BCUT2D eigenvalue weighted by Crippen LogP contribution is -2.07. The molecule has 2 aromatic heterocycles. The molecule has 0 radical (unpaired) electrons. The van der Waals surface area contributed by atoms with E-state index in [2.05, 4.69) is 27.7 Å². The van der Waals surface area contributed by atoms with Crippen molar-refractivity contribution in [2.45, 2.75) is 32.2 Å². The third kappa shape index (κ3) is 1.55. The van der Waals surface area contributed by atoms with E-state index in [1.165, 1.54) is 12.8 Å². The molecule has 0 aromatic carbocycles. The Bertz CT molecular complexity index is 528. The van der Waals surface area contributed by atoms with Crippen LogP contribution in [0.15, 0.2) is 18.2 Å². The largest absolute Gasteiger partial charge is 0.368 e. The molecule has 0 bridgehead atoms. The smallest absolute Gasteiger partial charge is 0.155 e. The Labute approximate surface area is 99.4 Å². The molecule has 0 spiro atoms. The maximum absolute atomic E-state index is 6.12. The molecule has 0 aliphatic heterocycles. The van der Waals surface area contributed by atoms with Crippen LogP contribution in [-0.4, -0.2) is 15.4 Å². The zero-order valence-corrected chi connectivity index (χ0v) is 9.96. The fourth-order valence-corrected chi connectivity index (χ4v) is 2.20. The molecule has 0 atom stereocenters. The third-order valence-electron chi connectivity index (χ3n) is 2.93. The average molecular weight is 236 g/mol. The van der Waals surface area contributed by atoms with E-state index in [0.29, 0.717) is 11.2 Å². The predicted octanol–water partition coefficient (Wildman–Crippen LogP) is 3.12. The number of hydrogen-bond acceptors (Lipinski definition) is 2. The topological polar surface area (TPSA) is 29.3 Å². The number of pyridine rings is 1. The predicted molar refractivity (Wildman–Crippen MR) is 66.2 cm³/mol. The molecule has 1 fully saturated rings. The van der Waals surface area contributed by atoms with Gasteiger partial charge in [-0.2, -0.15) is 0 Å². The standard InChI is InChI=1S/C12H14ClN3/c1-2-10-15-12(13)9-4-3-5-11(16(9)10)14-8-6-7-8/h3-5,8,14H,2,6-7H2,1H3. The fourth-order valence-electron chi connectivity index (χ4n) is 1.96. The Balaban J connectivity index is 2.17. The molecule has 84 valence electrons. The van der Waals surface area contributed by atoms with Crippen molar-refractivity contribution in [2.24, 2.45) is 0 Å². The maximum Gasteiger partial charge on any atom is 0.155 e. The molecule has 1 aliphatic rings. The highest BCUT2D eigenvalue weighted by atomic mass is 35.5. The summed E-state index contributed by atoms with van der Waals surface area (Å²) in [5.41, 5.74) is 0.990. The van der Waals surface area contributed by atoms with Crippen molar-refractivity contribution in [1.29, 1.82) is 0 Å². The summed E-state index contributed by atoms with van der Waals surface area (Å²) in [5.74, 6) is 2.13. The molecular formula is C12H14ClN3. The molecule has 4 heteroatoms. The molecule has 0 saturated heterocycles. The van der Waals surface area contributed by atoms with Gasteiger partial charge in [0.05, 0.1) is 5.52 Å². The van der Waals surface area contributed by atoms with Crippen LogP contribution >= 0.6 is 11.6 Å². The van der Waals surface area contributed by atoms with Crippen LogP contribution in [0.3, 0.4) is 0 Å². The van der Waals surface area contributed by atoms with E-state index in [4.69, 9.17) is 11.6 Å². The lowest BCUT2D eigenvalue weighted by Gasteiger charge is -2.09. The van der Waals surface area contributed by atoms with E-state index in [9.17, 15) is 0 Å². The summed E-state index contributed by atoms with van der Waals surface area (Å²) < 4.78 is 2.13. The van der Waals surface area contributed by atoms with E-state index in [1.54, 1.807) is 0 Å². The number of aromatic nitrogens is 2. The second-order valence-electron chi connectivity index (χ2n) is 4.22. The lowest BCUT2D eigenvalue weighted by atomic mass is 10.3. The Morgan fingerprint density at radius 2 is 2.31 bits per heavy atom. The maximum atomic E-state index is 6.12. The van der Waals surface area contributed by atoms with Crippen LogP contribution in [0.1, 0.15) is 25.6 Å². The number of nitrogens with one attached hydrogen (secondary N) is 1. The second-order valence-corrected chi connectivity index (χ2v) is 4.58.